The van der Waals surface area contributed by atoms with Gasteiger partial charge in [0.1, 0.15) is 11.7 Å². The third kappa shape index (κ3) is 0.886. The Balaban J connectivity index is 2.86. The van der Waals surface area contributed by atoms with Crippen LogP contribution in [-0.4, -0.2) is 27.7 Å². The Labute approximate surface area is 52.6 Å². The van der Waals surface area contributed by atoms with Gasteiger partial charge in [-0.05, 0) is 19.1 Å². The predicted molar refractivity (Wildman–Crippen MR) is 30.8 cm³/mol. The van der Waals surface area contributed by atoms with E-state index in [1.165, 1.54) is 19.1 Å². The van der Waals surface area contributed by atoms with Gasteiger partial charge in [0.15, 0.2) is 5.78 Å². The normalized spacial score (nSPS) is 42.1. The van der Waals surface area contributed by atoms with Crippen LogP contribution in [0.5, 0.6) is 0 Å². The fourth-order valence-electron chi connectivity index (χ4n) is 0.721. The topological polar surface area (TPSA) is 57.5 Å². The van der Waals surface area contributed by atoms with Crippen molar-refractivity contribution in [1.82, 2.24) is 0 Å². The molecule has 2 unspecified atom stereocenters. The summed E-state index contributed by atoms with van der Waals surface area (Å²) in [5, 5.41) is 17.9. The zero-order valence-electron chi connectivity index (χ0n) is 5.03. The summed E-state index contributed by atoms with van der Waals surface area (Å²) in [5.74, 6) is -0.431. The molecule has 0 radical (unpaired) electrons. The van der Waals surface area contributed by atoms with Crippen LogP contribution in [-0.2, 0) is 4.79 Å². The first-order chi connectivity index (χ1) is 4.04. The Bertz CT molecular complexity index is 169. The summed E-state index contributed by atoms with van der Waals surface area (Å²) in [5.41, 5.74) is -1.35. The lowest BCUT2D eigenvalue weighted by molar-refractivity contribution is -0.128. The molecular formula is C6H8O3. The molecule has 0 heterocycles. The van der Waals surface area contributed by atoms with Crippen molar-refractivity contribution in [1.29, 1.82) is 0 Å². The van der Waals surface area contributed by atoms with Crippen molar-refractivity contribution in [2.24, 2.45) is 0 Å². The lowest BCUT2D eigenvalue weighted by atomic mass is 10.0. The maximum atomic E-state index is 10.5. The molecule has 0 spiro atoms. The highest BCUT2D eigenvalue weighted by molar-refractivity contribution is 5.97. The number of carbonyl (C=O) groups is 1. The molecule has 2 atom stereocenters. The Morgan fingerprint density at radius 1 is 1.78 bits per heavy atom. The van der Waals surface area contributed by atoms with Crippen molar-refractivity contribution in [2.45, 2.75) is 18.6 Å². The third-order valence-electron chi connectivity index (χ3n) is 1.41. The van der Waals surface area contributed by atoms with Crippen LogP contribution in [0.2, 0.25) is 0 Å². The Morgan fingerprint density at radius 2 is 2.33 bits per heavy atom. The van der Waals surface area contributed by atoms with Gasteiger partial charge in [-0.2, -0.15) is 0 Å². The molecule has 50 valence electrons. The standard InChI is InChI=1S/C6H8O3/c1-6(9)3-2-4(7)5(6)8/h2-3,5,8-9H,1H3. The molecule has 0 fully saturated rings. The first-order valence-corrected chi connectivity index (χ1v) is 2.67. The summed E-state index contributed by atoms with van der Waals surface area (Å²) >= 11 is 0. The fourth-order valence-corrected chi connectivity index (χ4v) is 0.721. The number of carbonyl (C=O) groups excluding carboxylic acids is 1. The average Bonchev–Trinajstić information content (AvgIpc) is 1.97. The third-order valence-corrected chi connectivity index (χ3v) is 1.41. The molecule has 0 aromatic heterocycles. The van der Waals surface area contributed by atoms with Crippen molar-refractivity contribution in [3.8, 4) is 0 Å². The van der Waals surface area contributed by atoms with E-state index in [9.17, 15) is 4.79 Å². The van der Waals surface area contributed by atoms with Gasteiger partial charge in [0.2, 0.25) is 0 Å². The van der Waals surface area contributed by atoms with Gasteiger partial charge in [-0.3, -0.25) is 4.79 Å². The smallest absolute Gasteiger partial charge is 0.187 e. The van der Waals surface area contributed by atoms with E-state index in [0.29, 0.717) is 0 Å². The van der Waals surface area contributed by atoms with Crippen LogP contribution in [0.3, 0.4) is 0 Å². The molecule has 0 bridgehead atoms. The van der Waals surface area contributed by atoms with E-state index in [0.717, 1.165) is 0 Å². The van der Waals surface area contributed by atoms with Crippen molar-refractivity contribution < 1.29 is 15.0 Å². The van der Waals surface area contributed by atoms with Crippen molar-refractivity contribution >= 4 is 5.78 Å². The molecule has 0 aliphatic heterocycles. The van der Waals surface area contributed by atoms with Gasteiger partial charge in [-0.15, -0.1) is 0 Å². The summed E-state index contributed by atoms with van der Waals surface area (Å²) in [6, 6.07) is 0. The van der Waals surface area contributed by atoms with Crippen LogP contribution in [0.1, 0.15) is 6.92 Å². The number of rotatable bonds is 0. The van der Waals surface area contributed by atoms with Crippen LogP contribution in [0.15, 0.2) is 12.2 Å². The highest BCUT2D eigenvalue weighted by Crippen LogP contribution is 2.18. The molecule has 0 saturated carbocycles. The molecule has 0 amide bonds. The van der Waals surface area contributed by atoms with Gasteiger partial charge in [0.25, 0.3) is 0 Å². The van der Waals surface area contributed by atoms with Crippen LogP contribution in [0, 0.1) is 0 Å². The van der Waals surface area contributed by atoms with Gasteiger partial charge in [-0.25, -0.2) is 0 Å². The lowest BCUT2D eigenvalue weighted by Crippen LogP contribution is -2.37. The molecule has 9 heavy (non-hydrogen) atoms. The second kappa shape index (κ2) is 1.65. The SMILES string of the molecule is CC1(O)C=CC(=O)C1O. The van der Waals surface area contributed by atoms with Crippen LogP contribution < -0.4 is 0 Å². The monoisotopic (exact) mass is 128 g/mol. The Morgan fingerprint density at radius 3 is 2.44 bits per heavy atom. The van der Waals surface area contributed by atoms with Gasteiger partial charge >= 0.3 is 0 Å². The van der Waals surface area contributed by atoms with E-state index in [-0.39, 0.29) is 0 Å². The first kappa shape index (κ1) is 6.45. The molecule has 0 aromatic rings. The molecule has 0 aromatic carbocycles. The van der Waals surface area contributed by atoms with Crippen molar-refractivity contribution in [3.63, 3.8) is 0 Å². The van der Waals surface area contributed by atoms with Gasteiger partial charge < -0.3 is 10.2 Å². The minimum atomic E-state index is -1.35. The highest BCUT2D eigenvalue weighted by atomic mass is 16.3. The first-order valence-electron chi connectivity index (χ1n) is 2.67. The summed E-state index contributed by atoms with van der Waals surface area (Å²) in [6.45, 7) is 1.39. The molecule has 0 saturated heterocycles. The summed E-state index contributed by atoms with van der Waals surface area (Å²) < 4.78 is 0. The van der Waals surface area contributed by atoms with E-state index in [2.05, 4.69) is 0 Å². The zero-order chi connectivity index (χ0) is 7.07. The number of ketones is 1. The number of aliphatic hydroxyl groups is 2. The minimum Gasteiger partial charge on any atom is -0.383 e. The quantitative estimate of drug-likeness (QED) is 0.450. The lowest BCUT2D eigenvalue weighted by Gasteiger charge is -2.17. The van der Waals surface area contributed by atoms with E-state index in [1.807, 2.05) is 0 Å². The van der Waals surface area contributed by atoms with Crippen LogP contribution in [0.4, 0.5) is 0 Å². The Hall–Kier alpha value is -0.670. The number of hydrogen-bond acceptors (Lipinski definition) is 3. The summed E-state index contributed by atoms with van der Waals surface area (Å²) in [7, 11) is 0. The van der Waals surface area contributed by atoms with E-state index in [4.69, 9.17) is 10.2 Å². The molecule has 2 N–H and O–H groups in total. The highest BCUT2D eigenvalue weighted by Gasteiger charge is 2.36. The second-order valence-corrected chi connectivity index (χ2v) is 2.36. The van der Waals surface area contributed by atoms with Crippen molar-refractivity contribution in [2.75, 3.05) is 0 Å². The molecule has 1 aliphatic carbocycles. The van der Waals surface area contributed by atoms with Crippen molar-refractivity contribution in [3.05, 3.63) is 12.2 Å². The van der Waals surface area contributed by atoms with Crippen LogP contribution in [0.25, 0.3) is 0 Å². The van der Waals surface area contributed by atoms with E-state index in [1.54, 1.807) is 0 Å². The zero-order valence-corrected chi connectivity index (χ0v) is 5.03. The Kier molecular flexibility index (Phi) is 1.18. The van der Waals surface area contributed by atoms with Gasteiger partial charge in [0, 0.05) is 0 Å². The summed E-state index contributed by atoms with van der Waals surface area (Å²) in [6.07, 6.45) is 1.21. The van der Waals surface area contributed by atoms with E-state index < -0.39 is 17.5 Å². The maximum Gasteiger partial charge on any atom is 0.187 e. The molecule has 1 rings (SSSR count). The predicted octanol–water partition coefficient (Wildman–Crippen LogP) is -0.763. The number of aliphatic hydroxyl groups excluding tert-OH is 1. The molecular weight excluding hydrogens is 120 g/mol. The largest absolute Gasteiger partial charge is 0.383 e. The van der Waals surface area contributed by atoms with Gasteiger partial charge in [0.05, 0.1) is 0 Å². The summed E-state index contributed by atoms with van der Waals surface area (Å²) in [4.78, 5) is 10.5. The maximum absolute atomic E-state index is 10.5. The van der Waals surface area contributed by atoms with E-state index >= 15 is 0 Å². The molecule has 3 heteroatoms. The minimum absolute atomic E-state index is 0.431. The van der Waals surface area contributed by atoms with Gasteiger partial charge in [-0.1, -0.05) is 0 Å². The molecule has 3 nitrogen and oxygen atoms in total. The second-order valence-electron chi connectivity index (χ2n) is 2.36. The van der Waals surface area contributed by atoms with Crippen LogP contribution >= 0.6 is 0 Å². The number of hydrogen-bond donors (Lipinski definition) is 2. The fraction of sp³-hybridized carbons (Fsp3) is 0.500. The average molecular weight is 128 g/mol. The molecule has 1 aliphatic rings.